The van der Waals surface area contributed by atoms with E-state index in [2.05, 4.69) is 5.32 Å². The minimum absolute atomic E-state index is 0.0107. The molecule has 0 saturated carbocycles. The number of fused-ring (bicyclic) bond motifs is 1. The van der Waals surface area contributed by atoms with Gasteiger partial charge in [0.05, 0.1) is 17.7 Å². The van der Waals surface area contributed by atoms with E-state index in [-0.39, 0.29) is 42.3 Å². The second-order valence-corrected chi connectivity index (χ2v) is 8.95. The molecule has 0 aliphatic carbocycles. The second kappa shape index (κ2) is 10.8. The first kappa shape index (κ1) is 26.0. The summed E-state index contributed by atoms with van der Waals surface area (Å²) in [6, 6.07) is 4.10. The third kappa shape index (κ3) is 5.40. The zero-order chi connectivity index (χ0) is 25.9. The van der Waals surface area contributed by atoms with Crippen LogP contribution in [0.2, 0.25) is 0 Å². The normalized spacial score (nSPS) is 18.9. The molecular formula is C24H30N4O7. The van der Waals surface area contributed by atoms with Crippen LogP contribution in [0.25, 0.3) is 0 Å². The number of carbonyl (C=O) groups excluding carboxylic acids is 6. The molecule has 0 spiro atoms. The minimum atomic E-state index is -1.18. The molecule has 0 bridgehead atoms. The van der Waals surface area contributed by atoms with Crippen molar-refractivity contribution >= 4 is 35.5 Å². The number of imide groups is 2. The molecule has 5 amide bonds. The molecule has 1 unspecified atom stereocenters. The van der Waals surface area contributed by atoms with E-state index in [9.17, 15) is 28.8 Å². The van der Waals surface area contributed by atoms with Gasteiger partial charge in [0.15, 0.2) is 6.73 Å². The van der Waals surface area contributed by atoms with E-state index in [1.807, 2.05) is 6.92 Å². The largest absolute Gasteiger partial charge is 0.442 e. The lowest BCUT2D eigenvalue weighted by Crippen LogP contribution is -2.57. The molecule has 2 heterocycles. The van der Waals surface area contributed by atoms with Gasteiger partial charge in [-0.05, 0) is 38.1 Å². The Kier molecular flexibility index (Phi) is 8.00. The maximum absolute atomic E-state index is 13.1. The Morgan fingerprint density at radius 2 is 1.71 bits per heavy atom. The molecule has 11 nitrogen and oxygen atoms in total. The van der Waals surface area contributed by atoms with Crippen LogP contribution < -0.4 is 5.32 Å². The van der Waals surface area contributed by atoms with Crippen molar-refractivity contribution in [3.05, 3.63) is 35.4 Å². The highest BCUT2D eigenvalue weighted by Gasteiger charge is 2.47. The van der Waals surface area contributed by atoms with Crippen molar-refractivity contribution in [3.8, 4) is 0 Å². The number of nitrogens with zero attached hydrogens (tertiary/aromatic N) is 3. The maximum atomic E-state index is 13.1. The number of amides is 5. The molecule has 2 atom stereocenters. The number of nitrogens with one attached hydrogen (secondary N) is 1. The van der Waals surface area contributed by atoms with Crippen LogP contribution in [0.3, 0.4) is 0 Å². The number of likely N-dealkylation sites (N-methyl/N-ethyl adjacent to an activating group) is 1. The summed E-state index contributed by atoms with van der Waals surface area (Å²) in [5, 5.41) is 2.63. The van der Waals surface area contributed by atoms with Gasteiger partial charge in [0, 0.05) is 6.42 Å². The van der Waals surface area contributed by atoms with E-state index in [0.29, 0.717) is 6.54 Å². The summed E-state index contributed by atoms with van der Waals surface area (Å²) in [5.74, 6) is -4.04. The average molecular weight is 487 g/mol. The van der Waals surface area contributed by atoms with Crippen molar-refractivity contribution in [3.63, 3.8) is 0 Å². The average Bonchev–Trinajstić information content (AvgIpc) is 3.07. The van der Waals surface area contributed by atoms with Gasteiger partial charge >= 0.3 is 5.97 Å². The van der Waals surface area contributed by atoms with E-state index in [4.69, 9.17) is 4.74 Å². The fourth-order valence-corrected chi connectivity index (χ4v) is 3.98. The third-order valence-electron chi connectivity index (χ3n) is 6.15. The molecule has 188 valence electrons. The van der Waals surface area contributed by atoms with Gasteiger partial charge in [-0.1, -0.05) is 32.9 Å². The van der Waals surface area contributed by atoms with Crippen molar-refractivity contribution in [1.29, 1.82) is 0 Å². The first-order chi connectivity index (χ1) is 16.6. The molecule has 1 aromatic carbocycles. The molecule has 11 heteroatoms. The number of likely N-dealkylation sites (tertiary alicyclic amines) is 1. The van der Waals surface area contributed by atoms with E-state index in [1.54, 1.807) is 37.9 Å². The zero-order valence-electron chi connectivity index (χ0n) is 20.3. The molecule has 2 aliphatic heterocycles. The summed E-state index contributed by atoms with van der Waals surface area (Å²) in [7, 11) is 1.76. The number of esters is 1. The van der Waals surface area contributed by atoms with Gasteiger partial charge in [-0.25, -0.2) is 9.69 Å². The Labute approximate surface area is 203 Å². The quantitative estimate of drug-likeness (QED) is 0.392. The van der Waals surface area contributed by atoms with Gasteiger partial charge < -0.3 is 10.1 Å². The van der Waals surface area contributed by atoms with E-state index < -0.39 is 48.4 Å². The summed E-state index contributed by atoms with van der Waals surface area (Å²) >= 11 is 0. The van der Waals surface area contributed by atoms with Gasteiger partial charge in [0.1, 0.15) is 12.1 Å². The lowest BCUT2D eigenvalue weighted by Gasteiger charge is -2.34. The zero-order valence-corrected chi connectivity index (χ0v) is 20.3. The molecule has 1 saturated heterocycles. The first-order valence-corrected chi connectivity index (χ1v) is 11.5. The van der Waals surface area contributed by atoms with Gasteiger partial charge in [0.2, 0.25) is 11.8 Å². The van der Waals surface area contributed by atoms with Crippen LogP contribution in [0.1, 0.15) is 54.3 Å². The number of hydrogen-bond acceptors (Lipinski definition) is 8. The topological polar surface area (TPSA) is 133 Å². The Bertz CT molecular complexity index is 1020. The highest BCUT2D eigenvalue weighted by atomic mass is 16.5. The molecule has 35 heavy (non-hydrogen) atoms. The van der Waals surface area contributed by atoms with E-state index in [0.717, 1.165) is 9.80 Å². The van der Waals surface area contributed by atoms with Gasteiger partial charge in [0.25, 0.3) is 17.7 Å². The summed E-state index contributed by atoms with van der Waals surface area (Å²) in [5.41, 5.74) is 0.397. The third-order valence-corrected chi connectivity index (χ3v) is 6.15. The van der Waals surface area contributed by atoms with Crippen molar-refractivity contribution in [1.82, 2.24) is 20.0 Å². The van der Waals surface area contributed by atoms with Crippen molar-refractivity contribution in [2.24, 2.45) is 5.92 Å². The molecule has 0 aromatic heterocycles. The van der Waals surface area contributed by atoms with Gasteiger partial charge in [-0.3, -0.25) is 33.8 Å². The molecule has 2 aliphatic rings. The minimum Gasteiger partial charge on any atom is -0.442 e. The monoisotopic (exact) mass is 486 g/mol. The highest BCUT2D eigenvalue weighted by molar-refractivity contribution is 6.23. The Morgan fingerprint density at radius 3 is 2.26 bits per heavy atom. The van der Waals surface area contributed by atoms with Crippen LogP contribution in [0.5, 0.6) is 0 Å². The predicted molar refractivity (Wildman–Crippen MR) is 123 cm³/mol. The van der Waals surface area contributed by atoms with Crippen LogP contribution in [-0.4, -0.2) is 89.2 Å². The maximum Gasteiger partial charge on any atom is 0.330 e. The lowest BCUT2D eigenvalue weighted by atomic mass is 10.0. The highest BCUT2D eigenvalue weighted by Crippen LogP contribution is 2.29. The van der Waals surface area contributed by atoms with Crippen molar-refractivity contribution in [2.45, 2.75) is 45.7 Å². The number of rotatable bonds is 9. The Balaban J connectivity index is 1.67. The van der Waals surface area contributed by atoms with Crippen LogP contribution in [-0.2, 0) is 23.9 Å². The Morgan fingerprint density at radius 1 is 1.11 bits per heavy atom. The van der Waals surface area contributed by atoms with Crippen LogP contribution in [0.15, 0.2) is 24.3 Å². The predicted octanol–water partition coefficient (Wildman–Crippen LogP) is 0.393. The second-order valence-electron chi connectivity index (χ2n) is 8.95. The smallest absolute Gasteiger partial charge is 0.330 e. The molecule has 3 rings (SSSR count). The summed E-state index contributed by atoms with van der Waals surface area (Å²) in [4.78, 5) is 79.4. The van der Waals surface area contributed by atoms with Crippen LogP contribution in [0, 0.1) is 5.92 Å². The molecular weight excluding hydrogens is 456 g/mol. The van der Waals surface area contributed by atoms with Crippen LogP contribution in [0.4, 0.5) is 0 Å². The number of hydrogen-bond donors (Lipinski definition) is 1. The number of benzene rings is 1. The number of ether oxygens (including phenoxy) is 1. The van der Waals surface area contributed by atoms with Crippen LogP contribution >= 0.6 is 0 Å². The van der Waals surface area contributed by atoms with Crippen molar-refractivity contribution < 1.29 is 33.5 Å². The molecule has 1 N–H and O–H groups in total. The SMILES string of the molecule is CCN(C)CC(=O)N[C@H](C(=O)OCN1C(=O)CCC(N2C(=O)c3ccccc3C2=O)C1=O)C(C)C. The molecule has 0 radical (unpaired) electrons. The fourth-order valence-electron chi connectivity index (χ4n) is 3.98. The number of piperidine rings is 1. The fraction of sp³-hybridized carbons (Fsp3) is 0.500. The lowest BCUT2D eigenvalue weighted by molar-refractivity contribution is -0.166. The first-order valence-electron chi connectivity index (χ1n) is 11.5. The molecule has 1 fully saturated rings. The van der Waals surface area contributed by atoms with E-state index in [1.165, 1.54) is 12.1 Å². The molecule has 1 aromatic rings. The number of carbonyl (C=O) groups is 6. The van der Waals surface area contributed by atoms with Gasteiger partial charge in [-0.15, -0.1) is 0 Å². The standard InChI is InChI=1S/C24H30N4O7/c1-5-26(4)12-18(29)25-20(14(2)3)24(34)35-13-27-19(30)11-10-17(23(27)33)28-21(31)15-8-6-7-9-16(15)22(28)32/h6-9,14,17,20H,5,10-13H2,1-4H3,(H,25,29)/t17?,20-/m0/s1. The Hall–Kier alpha value is -3.60. The van der Waals surface area contributed by atoms with Crippen molar-refractivity contribution in [2.75, 3.05) is 26.9 Å². The van der Waals surface area contributed by atoms with Gasteiger partial charge in [-0.2, -0.15) is 0 Å². The summed E-state index contributed by atoms with van der Waals surface area (Å²) < 4.78 is 5.23. The van der Waals surface area contributed by atoms with E-state index >= 15 is 0 Å². The summed E-state index contributed by atoms with van der Waals surface area (Å²) in [6.07, 6.45) is -0.113. The summed E-state index contributed by atoms with van der Waals surface area (Å²) in [6.45, 7) is 5.42.